The van der Waals surface area contributed by atoms with Gasteiger partial charge in [0.15, 0.2) is 6.61 Å². The maximum absolute atomic E-state index is 12.4. The van der Waals surface area contributed by atoms with Gasteiger partial charge in [-0.05, 0) is 67.1 Å². The third-order valence-corrected chi connectivity index (χ3v) is 4.89. The summed E-state index contributed by atoms with van der Waals surface area (Å²) in [7, 11) is 0. The van der Waals surface area contributed by atoms with E-state index in [1.807, 2.05) is 37.3 Å². The van der Waals surface area contributed by atoms with Crippen LogP contribution in [0.1, 0.15) is 11.1 Å². The predicted molar refractivity (Wildman–Crippen MR) is 128 cm³/mol. The van der Waals surface area contributed by atoms with Crippen LogP contribution in [0.3, 0.4) is 0 Å². The number of nitrogens with zero attached hydrogens (tertiary/aromatic N) is 1. The van der Waals surface area contributed by atoms with Crippen molar-refractivity contribution in [3.63, 3.8) is 0 Å². The predicted octanol–water partition coefficient (Wildman–Crippen LogP) is 5.32. The molecule has 0 aliphatic carbocycles. The summed E-state index contributed by atoms with van der Waals surface area (Å²) in [6, 6.07) is 23.2. The van der Waals surface area contributed by atoms with Crippen molar-refractivity contribution in [2.24, 2.45) is 0 Å². The number of carbonyl (C=O) groups is 2. The highest BCUT2D eigenvalue weighted by Gasteiger charge is 2.10. The zero-order valence-electron chi connectivity index (χ0n) is 17.3. The third kappa shape index (κ3) is 6.83. The zero-order chi connectivity index (χ0) is 22.9. The van der Waals surface area contributed by atoms with E-state index in [2.05, 4.69) is 26.6 Å². The lowest BCUT2D eigenvalue weighted by atomic mass is 10.1. The Balaban J connectivity index is 1.56. The molecular formula is C25H20BrN3O3. The molecule has 0 aliphatic heterocycles. The van der Waals surface area contributed by atoms with Crippen molar-refractivity contribution in [2.75, 3.05) is 17.2 Å². The molecule has 3 aromatic carbocycles. The number of nitriles is 1. The monoisotopic (exact) mass is 489 g/mol. The van der Waals surface area contributed by atoms with E-state index in [1.54, 1.807) is 48.5 Å². The van der Waals surface area contributed by atoms with Gasteiger partial charge < -0.3 is 15.4 Å². The average Bonchev–Trinajstić information content (AvgIpc) is 2.80. The Kier molecular flexibility index (Phi) is 7.79. The molecule has 160 valence electrons. The van der Waals surface area contributed by atoms with Crippen LogP contribution in [0.5, 0.6) is 5.75 Å². The van der Waals surface area contributed by atoms with Crippen LogP contribution < -0.4 is 15.4 Å². The van der Waals surface area contributed by atoms with E-state index in [0.717, 1.165) is 10.0 Å². The van der Waals surface area contributed by atoms with Gasteiger partial charge in [0.25, 0.3) is 11.8 Å². The van der Waals surface area contributed by atoms with Gasteiger partial charge in [0.1, 0.15) is 17.4 Å². The van der Waals surface area contributed by atoms with Crippen LogP contribution in [0, 0.1) is 18.3 Å². The van der Waals surface area contributed by atoms with Crippen molar-refractivity contribution in [3.05, 3.63) is 94.0 Å². The molecule has 3 aromatic rings. The minimum Gasteiger partial charge on any atom is -0.484 e. The lowest BCUT2D eigenvalue weighted by molar-refractivity contribution is -0.118. The number of hydrogen-bond donors (Lipinski definition) is 2. The maximum Gasteiger partial charge on any atom is 0.266 e. The number of aryl methyl sites for hydroxylation is 1. The molecule has 0 bridgehead atoms. The molecule has 2 amide bonds. The number of anilines is 2. The van der Waals surface area contributed by atoms with Gasteiger partial charge in [-0.3, -0.25) is 9.59 Å². The van der Waals surface area contributed by atoms with Crippen molar-refractivity contribution < 1.29 is 14.3 Å². The molecule has 0 atom stereocenters. The highest BCUT2D eigenvalue weighted by molar-refractivity contribution is 9.10. The molecule has 0 unspecified atom stereocenters. The van der Waals surface area contributed by atoms with E-state index in [4.69, 9.17) is 4.74 Å². The highest BCUT2D eigenvalue weighted by atomic mass is 79.9. The Labute approximate surface area is 194 Å². The van der Waals surface area contributed by atoms with E-state index in [-0.39, 0.29) is 18.1 Å². The fourth-order valence-corrected chi connectivity index (χ4v) is 2.95. The Morgan fingerprint density at radius 1 is 0.938 bits per heavy atom. The topological polar surface area (TPSA) is 91.2 Å². The molecule has 0 heterocycles. The minimum atomic E-state index is -0.497. The molecule has 0 radical (unpaired) electrons. The summed E-state index contributed by atoms with van der Waals surface area (Å²) in [6.07, 6.45) is 1.49. The summed E-state index contributed by atoms with van der Waals surface area (Å²) >= 11 is 3.33. The number of amides is 2. The number of halogens is 1. The number of nitrogens with one attached hydrogen (secondary N) is 2. The van der Waals surface area contributed by atoms with Crippen molar-refractivity contribution in [2.45, 2.75) is 6.92 Å². The fraction of sp³-hybridized carbons (Fsp3) is 0.0800. The van der Waals surface area contributed by atoms with Crippen LogP contribution in [0.4, 0.5) is 11.4 Å². The van der Waals surface area contributed by atoms with Crippen molar-refractivity contribution in [1.29, 1.82) is 5.26 Å². The summed E-state index contributed by atoms with van der Waals surface area (Å²) < 4.78 is 6.40. The molecule has 0 fully saturated rings. The van der Waals surface area contributed by atoms with Gasteiger partial charge in [0, 0.05) is 15.8 Å². The first-order valence-corrected chi connectivity index (χ1v) is 10.5. The van der Waals surface area contributed by atoms with Crippen LogP contribution >= 0.6 is 15.9 Å². The number of ether oxygens (including phenoxy) is 1. The summed E-state index contributed by atoms with van der Waals surface area (Å²) in [4.78, 5) is 24.4. The Morgan fingerprint density at radius 2 is 1.53 bits per heavy atom. The van der Waals surface area contributed by atoms with Crippen LogP contribution in [-0.2, 0) is 9.59 Å². The van der Waals surface area contributed by atoms with Crippen molar-refractivity contribution in [3.8, 4) is 11.8 Å². The lowest BCUT2D eigenvalue weighted by Gasteiger charge is -2.08. The van der Waals surface area contributed by atoms with Gasteiger partial charge in [-0.2, -0.15) is 5.26 Å². The average molecular weight is 490 g/mol. The second-order valence-electron chi connectivity index (χ2n) is 6.90. The van der Waals surface area contributed by atoms with Gasteiger partial charge in [-0.1, -0.05) is 45.8 Å². The van der Waals surface area contributed by atoms with Crippen molar-refractivity contribution >= 4 is 45.2 Å². The maximum atomic E-state index is 12.4. The van der Waals surface area contributed by atoms with Crippen molar-refractivity contribution in [1.82, 2.24) is 0 Å². The fourth-order valence-electron chi connectivity index (χ4n) is 2.69. The summed E-state index contributed by atoms with van der Waals surface area (Å²) in [5.74, 6) is -0.267. The standard InChI is InChI=1S/C25H20BrN3O3/c1-17-2-8-21(9-3-17)28-24(30)16-32-23-12-4-18(5-13-23)14-19(15-27)25(31)29-22-10-6-20(26)7-11-22/h2-14H,16H2,1H3,(H,28,30)(H,29,31)/b19-14-. The molecule has 0 aromatic heterocycles. The molecular weight excluding hydrogens is 470 g/mol. The molecule has 0 spiro atoms. The summed E-state index contributed by atoms with van der Waals surface area (Å²) in [5.41, 5.74) is 3.03. The van der Waals surface area contributed by atoms with E-state index < -0.39 is 5.91 Å². The molecule has 0 saturated carbocycles. The first kappa shape index (κ1) is 22.8. The molecule has 0 aliphatic rings. The molecule has 7 heteroatoms. The normalized spacial score (nSPS) is 10.7. The van der Waals surface area contributed by atoms with Gasteiger partial charge in [0.2, 0.25) is 0 Å². The Hall–Kier alpha value is -3.89. The largest absolute Gasteiger partial charge is 0.484 e. The molecule has 3 rings (SSSR count). The quantitative estimate of drug-likeness (QED) is 0.347. The third-order valence-electron chi connectivity index (χ3n) is 4.36. The number of benzene rings is 3. The van der Waals surface area contributed by atoms with E-state index in [9.17, 15) is 14.9 Å². The Bertz CT molecular complexity index is 1160. The number of rotatable bonds is 7. The number of carbonyl (C=O) groups excluding carboxylic acids is 2. The van der Waals surface area contributed by atoms with Gasteiger partial charge in [0.05, 0.1) is 0 Å². The van der Waals surface area contributed by atoms with E-state index in [1.165, 1.54) is 6.08 Å². The molecule has 6 nitrogen and oxygen atoms in total. The second-order valence-corrected chi connectivity index (χ2v) is 7.82. The highest BCUT2D eigenvalue weighted by Crippen LogP contribution is 2.17. The van der Waals surface area contributed by atoms with E-state index in [0.29, 0.717) is 22.7 Å². The molecule has 32 heavy (non-hydrogen) atoms. The lowest BCUT2D eigenvalue weighted by Crippen LogP contribution is -2.20. The molecule has 2 N–H and O–H groups in total. The van der Waals surface area contributed by atoms with E-state index >= 15 is 0 Å². The SMILES string of the molecule is Cc1ccc(NC(=O)COc2ccc(/C=C(/C#N)C(=O)Nc3ccc(Br)cc3)cc2)cc1. The van der Waals surface area contributed by atoms with Gasteiger partial charge in [-0.25, -0.2) is 0 Å². The van der Waals surface area contributed by atoms with Gasteiger partial charge >= 0.3 is 0 Å². The molecule has 0 saturated heterocycles. The van der Waals surface area contributed by atoms with Gasteiger partial charge in [-0.15, -0.1) is 0 Å². The Morgan fingerprint density at radius 3 is 2.16 bits per heavy atom. The smallest absolute Gasteiger partial charge is 0.266 e. The van der Waals surface area contributed by atoms with Crippen LogP contribution in [-0.4, -0.2) is 18.4 Å². The minimum absolute atomic E-state index is 0.0286. The van der Waals surface area contributed by atoms with Crippen LogP contribution in [0.2, 0.25) is 0 Å². The first-order chi connectivity index (χ1) is 15.4. The first-order valence-electron chi connectivity index (χ1n) is 9.71. The van der Waals surface area contributed by atoms with Crippen LogP contribution in [0.15, 0.2) is 82.8 Å². The number of hydrogen-bond acceptors (Lipinski definition) is 4. The zero-order valence-corrected chi connectivity index (χ0v) is 18.8. The van der Waals surface area contributed by atoms with Crippen LogP contribution in [0.25, 0.3) is 6.08 Å². The second kappa shape index (κ2) is 10.9. The summed E-state index contributed by atoms with van der Waals surface area (Å²) in [5, 5.41) is 14.8. The summed E-state index contributed by atoms with van der Waals surface area (Å²) in [6.45, 7) is 1.84.